The molecule has 0 saturated carbocycles. The quantitative estimate of drug-likeness (QED) is 0.266. The van der Waals surface area contributed by atoms with E-state index in [4.69, 9.17) is 24.9 Å². The Labute approximate surface area is 265 Å². The number of Topliss-reactive ketones (excluding diaryl/α,β-unsaturated/α-hetero) is 3. The molecule has 9 heteroatoms. The molecule has 0 aliphatic heterocycles. The van der Waals surface area contributed by atoms with Gasteiger partial charge in [-0.3, -0.25) is 0 Å². The maximum atomic E-state index is 10.8. The Kier molecular flexibility index (Phi) is 63.7. The molecule has 0 spiro atoms. The fourth-order valence-corrected chi connectivity index (χ4v) is 1.66. The van der Waals surface area contributed by atoms with Crippen molar-refractivity contribution in [3.05, 3.63) is 0 Å². The molecule has 0 aromatic rings. The zero-order chi connectivity index (χ0) is 21.1. The van der Waals surface area contributed by atoms with Crippen LogP contribution in [0.25, 0.3) is 0 Å². The molecule has 0 saturated heterocycles. The Balaban J connectivity index is -0.0000000395. The van der Waals surface area contributed by atoms with Gasteiger partial charge in [0.15, 0.2) is 0 Å². The fourth-order valence-electron chi connectivity index (χ4n) is 1.66. The molecule has 0 aliphatic carbocycles. The Hall–Kier alpha value is 2.36. The number of carbonyl (C=O) groups is 3. The average Bonchev–Trinajstić information content (AvgIpc) is 2.66. The predicted molar refractivity (Wildman–Crippen MR) is 123 cm³/mol. The standard InChI is InChI=1S/C7H13BO.2C6H11BO.2CH4.3U/c1-3-5-6(8)7(9)4-2;1-3-6(7)4-5(2)8;1-3-5(7)6(8)4-2;;;;;/h6H,3-5H2,1-2H3;6H,3-4H2,1-2H3;5H,3-4H2,1-2H3;2*1H4;;;/i;2D;;;;;;. The molecule has 3 unspecified atom stereocenters. The van der Waals surface area contributed by atoms with Crippen LogP contribution >= 0.6 is 0 Å². The molecule has 30 heavy (non-hydrogen) atoms. The van der Waals surface area contributed by atoms with Crippen molar-refractivity contribution in [3.63, 3.8) is 0 Å². The van der Waals surface area contributed by atoms with Crippen molar-refractivity contribution in [2.24, 2.45) is 0 Å². The normalized spacial score (nSPS) is 11.4. The first kappa shape index (κ1) is 49.5. The maximum Gasteiger partial charge on any atom is 0.129 e. The van der Waals surface area contributed by atoms with Crippen LogP contribution in [0.2, 0.25) is 17.5 Å². The second-order valence-electron chi connectivity index (χ2n) is 5.96. The summed E-state index contributed by atoms with van der Waals surface area (Å²) >= 11 is 0. The van der Waals surface area contributed by atoms with E-state index in [0.717, 1.165) is 25.7 Å². The van der Waals surface area contributed by atoms with E-state index < -0.39 is 0 Å². The predicted octanol–water partition coefficient (Wildman–Crippen LogP) is 5.66. The third-order valence-electron chi connectivity index (χ3n) is 3.58. The van der Waals surface area contributed by atoms with Gasteiger partial charge in [-0.1, -0.05) is 81.0 Å². The van der Waals surface area contributed by atoms with Crippen LogP contribution in [0.15, 0.2) is 0 Å². The van der Waals surface area contributed by atoms with Gasteiger partial charge in [0.1, 0.15) is 17.3 Å². The second kappa shape index (κ2) is 38.6. The van der Waals surface area contributed by atoms with Crippen molar-refractivity contribution in [2.45, 2.75) is 119 Å². The summed E-state index contributed by atoms with van der Waals surface area (Å²) in [5, 5.41) is 0. The van der Waals surface area contributed by atoms with Gasteiger partial charge in [0.25, 0.3) is 0 Å². The van der Waals surface area contributed by atoms with E-state index in [0.29, 0.717) is 19.3 Å². The molecular formula is C21H43B3O3U3. The topological polar surface area (TPSA) is 51.2 Å². The third-order valence-corrected chi connectivity index (χ3v) is 3.58. The summed E-state index contributed by atoms with van der Waals surface area (Å²) in [5.74, 6) is -0.198. The minimum Gasteiger partial charge on any atom is -0.300 e. The van der Waals surface area contributed by atoms with Crippen molar-refractivity contribution >= 4 is 40.9 Å². The molecule has 0 fully saturated rings. The molecule has 0 rings (SSSR count). The molecule has 0 aromatic heterocycles. The number of carbonyl (C=O) groups excluding carboxylic acids is 3. The summed E-state index contributed by atoms with van der Waals surface area (Å²) in [7, 11) is 16.3. The van der Waals surface area contributed by atoms with Gasteiger partial charge in [0.2, 0.25) is 0 Å². The average molecular weight is 1090 g/mol. The maximum absolute atomic E-state index is 10.8. The Morgan fingerprint density at radius 3 is 1.40 bits per heavy atom. The first-order valence-corrected chi connectivity index (χ1v) is 9.27. The summed E-state index contributed by atoms with van der Waals surface area (Å²) in [6, 6.07) is 0. The molecule has 3 nitrogen and oxygen atoms in total. The summed E-state index contributed by atoms with van der Waals surface area (Å²) in [5.41, 5.74) is 0. The number of ketones is 3. The van der Waals surface area contributed by atoms with E-state index in [1.807, 2.05) is 34.6 Å². The minimum atomic E-state index is -0.222. The van der Waals surface area contributed by atoms with Crippen LogP contribution < -0.4 is 0 Å². The summed E-state index contributed by atoms with van der Waals surface area (Å²) in [6.07, 6.45) is 4.88. The molecule has 0 aliphatic rings. The van der Waals surface area contributed by atoms with Crippen LogP contribution in [0.1, 0.15) is 103 Å². The molecule has 166 valence electrons. The zero-order valence-corrected chi connectivity index (χ0v) is 30.8. The molecule has 0 N–H and O–H groups in total. The molecular weight excluding hydrogens is 1050 g/mol. The zero-order valence-electron chi connectivity index (χ0n) is 19.3. The second-order valence-corrected chi connectivity index (χ2v) is 5.96. The van der Waals surface area contributed by atoms with E-state index in [9.17, 15) is 14.4 Å². The Bertz CT molecular complexity index is 394. The minimum absolute atomic E-state index is 0. The SMILES string of the molecule is C.C.[2H]CC(=O)CC([B])CC.[B]C(CC)C(=O)CC.[B]C(CCC)C(=O)CC.[U].[U].[U]. The first-order chi connectivity index (χ1) is 12.1. The van der Waals surface area contributed by atoms with E-state index in [1.54, 1.807) is 0 Å². The van der Waals surface area contributed by atoms with Crippen molar-refractivity contribution in [3.8, 4) is 0 Å². The molecule has 0 bridgehead atoms. The van der Waals surface area contributed by atoms with Crippen molar-refractivity contribution in [1.82, 2.24) is 0 Å². The van der Waals surface area contributed by atoms with Crippen molar-refractivity contribution in [1.29, 1.82) is 0 Å². The number of hydrogen-bond donors (Lipinski definition) is 0. The van der Waals surface area contributed by atoms with Crippen LogP contribution in [0, 0.1) is 93.3 Å². The van der Waals surface area contributed by atoms with Gasteiger partial charge < -0.3 is 14.4 Å². The van der Waals surface area contributed by atoms with Crippen LogP contribution in [0.5, 0.6) is 0 Å². The summed E-state index contributed by atoms with van der Waals surface area (Å²) in [4.78, 5) is 31.9. The number of hydrogen-bond acceptors (Lipinski definition) is 3. The first-order valence-electron chi connectivity index (χ1n) is 9.98. The van der Waals surface area contributed by atoms with E-state index >= 15 is 0 Å². The summed E-state index contributed by atoms with van der Waals surface area (Å²) in [6.45, 7) is 9.42. The van der Waals surface area contributed by atoms with Crippen LogP contribution in [-0.4, -0.2) is 40.9 Å². The van der Waals surface area contributed by atoms with Gasteiger partial charge in [-0.05, 0) is 18.5 Å². The largest absolute Gasteiger partial charge is 0.300 e. The van der Waals surface area contributed by atoms with Crippen molar-refractivity contribution < 1.29 is 109 Å². The number of rotatable bonds is 10. The third kappa shape index (κ3) is 40.7. The smallest absolute Gasteiger partial charge is 0.129 e. The molecule has 3 atom stereocenters. The summed E-state index contributed by atoms with van der Waals surface area (Å²) < 4.78 is 6.67. The Morgan fingerprint density at radius 2 is 1.17 bits per heavy atom. The monoisotopic (exact) mass is 1090 g/mol. The molecule has 0 heterocycles. The van der Waals surface area contributed by atoms with E-state index in [1.165, 1.54) is 0 Å². The van der Waals surface area contributed by atoms with Gasteiger partial charge >= 0.3 is 0 Å². The van der Waals surface area contributed by atoms with Crippen LogP contribution in [0.4, 0.5) is 0 Å². The fraction of sp³-hybridized carbons (Fsp3) is 0.857. The van der Waals surface area contributed by atoms with Crippen molar-refractivity contribution in [2.75, 3.05) is 0 Å². The van der Waals surface area contributed by atoms with Gasteiger partial charge in [-0.25, -0.2) is 0 Å². The van der Waals surface area contributed by atoms with Gasteiger partial charge in [0, 0.05) is 114 Å². The van der Waals surface area contributed by atoms with Gasteiger partial charge in [-0.15, -0.1) is 0 Å². The Morgan fingerprint density at radius 1 is 0.767 bits per heavy atom. The van der Waals surface area contributed by atoms with Gasteiger partial charge in [-0.2, -0.15) is 0 Å². The van der Waals surface area contributed by atoms with E-state index in [2.05, 4.69) is 0 Å². The molecule has 0 amide bonds. The van der Waals surface area contributed by atoms with Gasteiger partial charge in [0.05, 0.1) is 23.5 Å². The van der Waals surface area contributed by atoms with Crippen LogP contribution in [0.3, 0.4) is 0 Å². The molecule has 6 radical (unpaired) electrons. The van der Waals surface area contributed by atoms with E-state index in [-0.39, 0.29) is 150 Å². The molecule has 0 aromatic carbocycles. The van der Waals surface area contributed by atoms with Crippen LogP contribution in [-0.2, 0) is 14.4 Å².